The molecule has 2 heterocycles. The highest BCUT2D eigenvalue weighted by Gasteiger charge is 2.41. The minimum absolute atomic E-state index is 0.0896. The molecule has 0 aliphatic carbocycles. The quantitative estimate of drug-likeness (QED) is 0.919. The van der Waals surface area contributed by atoms with Gasteiger partial charge in [-0.25, -0.2) is 0 Å². The van der Waals surface area contributed by atoms with Crippen LogP contribution in [-0.2, 0) is 9.53 Å². The summed E-state index contributed by atoms with van der Waals surface area (Å²) in [4.78, 5) is 14.7. The number of ether oxygens (including phenoxy) is 2. The van der Waals surface area contributed by atoms with Gasteiger partial charge in [-0.05, 0) is 37.0 Å². The van der Waals surface area contributed by atoms with Crippen molar-refractivity contribution in [2.45, 2.75) is 30.7 Å². The van der Waals surface area contributed by atoms with E-state index in [9.17, 15) is 4.79 Å². The van der Waals surface area contributed by atoms with Crippen LogP contribution in [0.1, 0.15) is 30.7 Å². The normalized spacial score (nSPS) is 24.3. The Morgan fingerprint density at radius 3 is 2.64 bits per heavy atom. The molecule has 1 unspecified atom stereocenters. The first-order valence-corrected chi connectivity index (χ1v) is 7.92. The van der Waals surface area contributed by atoms with E-state index in [2.05, 4.69) is 12.1 Å². The molecule has 2 N–H and O–H groups in total. The third kappa shape index (κ3) is 2.96. The van der Waals surface area contributed by atoms with Crippen molar-refractivity contribution in [3.8, 4) is 5.75 Å². The Morgan fingerprint density at radius 1 is 1.32 bits per heavy atom. The van der Waals surface area contributed by atoms with Gasteiger partial charge in [0, 0.05) is 32.2 Å². The van der Waals surface area contributed by atoms with Gasteiger partial charge in [0.15, 0.2) is 0 Å². The molecule has 5 heteroatoms. The van der Waals surface area contributed by atoms with Crippen LogP contribution in [0, 0.1) is 0 Å². The Kier molecular flexibility index (Phi) is 4.36. The van der Waals surface area contributed by atoms with Crippen LogP contribution in [0.15, 0.2) is 24.3 Å². The molecule has 5 nitrogen and oxygen atoms in total. The number of hydrogen-bond donors (Lipinski definition) is 1. The first-order valence-electron chi connectivity index (χ1n) is 7.92. The number of methoxy groups -OCH3 is 1. The number of likely N-dealkylation sites (tertiary alicyclic amines) is 1. The highest BCUT2D eigenvalue weighted by Crippen LogP contribution is 2.31. The molecule has 0 bridgehead atoms. The van der Waals surface area contributed by atoms with Gasteiger partial charge in [0.1, 0.15) is 5.75 Å². The van der Waals surface area contributed by atoms with E-state index in [0.29, 0.717) is 32.0 Å². The average molecular weight is 304 g/mol. The number of carbonyl (C=O) groups excluding carboxylic acids is 1. The predicted octanol–water partition coefficient (Wildman–Crippen LogP) is 1.52. The van der Waals surface area contributed by atoms with Gasteiger partial charge >= 0.3 is 0 Å². The molecule has 1 atom stereocenters. The Morgan fingerprint density at radius 2 is 2.00 bits per heavy atom. The molecule has 2 fully saturated rings. The first kappa shape index (κ1) is 15.3. The van der Waals surface area contributed by atoms with E-state index in [1.165, 1.54) is 5.56 Å². The summed E-state index contributed by atoms with van der Waals surface area (Å²) < 4.78 is 10.5. The van der Waals surface area contributed by atoms with Crippen molar-refractivity contribution in [2.24, 2.45) is 5.73 Å². The second-order valence-corrected chi connectivity index (χ2v) is 6.28. The van der Waals surface area contributed by atoms with Crippen molar-refractivity contribution < 1.29 is 14.3 Å². The van der Waals surface area contributed by atoms with Gasteiger partial charge < -0.3 is 20.1 Å². The molecule has 0 aromatic heterocycles. The van der Waals surface area contributed by atoms with Crippen LogP contribution in [0.4, 0.5) is 0 Å². The lowest BCUT2D eigenvalue weighted by atomic mass is 9.89. The van der Waals surface area contributed by atoms with Crippen LogP contribution in [0.3, 0.4) is 0 Å². The summed E-state index contributed by atoms with van der Waals surface area (Å²) in [6.07, 6.45) is 2.23. The lowest BCUT2D eigenvalue weighted by Crippen LogP contribution is -2.57. The largest absolute Gasteiger partial charge is 0.497 e. The zero-order valence-corrected chi connectivity index (χ0v) is 13.1. The predicted molar refractivity (Wildman–Crippen MR) is 83.9 cm³/mol. The minimum Gasteiger partial charge on any atom is -0.497 e. The van der Waals surface area contributed by atoms with E-state index >= 15 is 0 Å². The van der Waals surface area contributed by atoms with E-state index in [1.54, 1.807) is 7.11 Å². The third-order valence-electron chi connectivity index (χ3n) is 4.87. The molecular weight excluding hydrogens is 280 g/mol. The van der Waals surface area contributed by atoms with Gasteiger partial charge in [0.2, 0.25) is 5.91 Å². The molecule has 1 aromatic carbocycles. The van der Waals surface area contributed by atoms with Crippen molar-refractivity contribution in [3.05, 3.63) is 29.8 Å². The highest BCUT2D eigenvalue weighted by molar-refractivity contribution is 5.86. The van der Waals surface area contributed by atoms with Crippen molar-refractivity contribution >= 4 is 5.91 Å². The summed E-state index contributed by atoms with van der Waals surface area (Å²) in [5, 5.41) is 0. The smallest absolute Gasteiger partial charge is 0.242 e. The lowest BCUT2D eigenvalue weighted by Gasteiger charge is -2.35. The summed E-state index contributed by atoms with van der Waals surface area (Å²) in [5.41, 5.74) is 6.85. The van der Waals surface area contributed by atoms with E-state index in [0.717, 1.165) is 25.3 Å². The van der Waals surface area contributed by atoms with Gasteiger partial charge in [-0.2, -0.15) is 0 Å². The number of benzene rings is 1. The van der Waals surface area contributed by atoms with E-state index < -0.39 is 5.54 Å². The summed E-state index contributed by atoms with van der Waals surface area (Å²) in [7, 11) is 1.67. The second kappa shape index (κ2) is 6.26. The van der Waals surface area contributed by atoms with Gasteiger partial charge in [-0.1, -0.05) is 12.1 Å². The number of nitrogens with two attached hydrogens (primary N) is 1. The SMILES string of the molecule is COc1ccc(C2CCN(C(=O)C3(N)CCOCC3)C2)cc1. The monoisotopic (exact) mass is 304 g/mol. The fraction of sp³-hybridized carbons (Fsp3) is 0.588. The van der Waals surface area contributed by atoms with Crippen molar-refractivity contribution in [2.75, 3.05) is 33.4 Å². The Labute approximate surface area is 131 Å². The minimum atomic E-state index is -0.729. The van der Waals surface area contributed by atoms with E-state index in [1.807, 2.05) is 17.0 Å². The maximum atomic E-state index is 12.7. The van der Waals surface area contributed by atoms with Crippen molar-refractivity contribution in [1.82, 2.24) is 4.90 Å². The highest BCUT2D eigenvalue weighted by atomic mass is 16.5. The zero-order valence-electron chi connectivity index (χ0n) is 13.1. The second-order valence-electron chi connectivity index (χ2n) is 6.28. The van der Waals surface area contributed by atoms with Gasteiger partial charge in [0.05, 0.1) is 12.6 Å². The summed E-state index contributed by atoms with van der Waals surface area (Å²) in [6.45, 7) is 2.70. The molecule has 1 amide bonds. The van der Waals surface area contributed by atoms with Crippen molar-refractivity contribution in [3.63, 3.8) is 0 Å². The van der Waals surface area contributed by atoms with Crippen LogP contribution in [0.2, 0.25) is 0 Å². The summed E-state index contributed by atoms with van der Waals surface area (Å²) in [6, 6.07) is 8.12. The Hall–Kier alpha value is -1.59. The van der Waals surface area contributed by atoms with Crippen LogP contribution < -0.4 is 10.5 Å². The Bertz CT molecular complexity index is 523. The van der Waals surface area contributed by atoms with Crippen LogP contribution in [-0.4, -0.2) is 49.8 Å². The Balaban J connectivity index is 1.65. The summed E-state index contributed by atoms with van der Waals surface area (Å²) in [5.74, 6) is 1.34. The first-order chi connectivity index (χ1) is 10.6. The maximum absolute atomic E-state index is 12.7. The van der Waals surface area contributed by atoms with Crippen molar-refractivity contribution in [1.29, 1.82) is 0 Å². The number of amides is 1. The summed E-state index contributed by atoms with van der Waals surface area (Å²) >= 11 is 0. The molecule has 2 aliphatic heterocycles. The van der Waals surface area contributed by atoms with Crippen LogP contribution >= 0.6 is 0 Å². The van der Waals surface area contributed by atoms with Crippen LogP contribution in [0.5, 0.6) is 5.75 Å². The van der Waals surface area contributed by atoms with E-state index in [4.69, 9.17) is 15.2 Å². The van der Waals surface area contributed by atoms with E-state index in [-0.39, 0.29) is 5.91 Å². The molecule has 1 aromatic rings. The fourth-order valence-corrected chi connectivity index (χ4v) is 3.36. The number of carbonyl (C=O) groups is 1. The number of rotatable bonds is 3. The molecule has 120 valence electrons. The van der Waals surface area contributed by atoms with Gasteiger partial charge in [0.25, 0.3) is 0 Å². The molecule has 0 saturated carbocycles. The number of nitrogens with zero attached hydrogens (tertiary/aromatic N) is 1. The molecule has 2 aliphatic rings. The zero-order chi connectivity index (χ0) is 15.6. The lowest BCUT2D eigenvalue weighted by molar-refractivity contribution is -0.139. The molecular formula is C17H24N2O3. The number of hydrogen-bond acceptors (Lipinski definition) is 4. The van der Waals surface area contributed by atoms with Gasteiger partial charge in [-0.3, -0.25) is 4.79 Å². The molecule has 2 saturated heterocycles. The average Bonchev–Trinajstić information content (AvgIpc) is 3.05. The fourth-order valence-electron chi connectivity index (χ4n) is 3.36. The topological polar surface area (TPSA) is 64.8 Å². The molecule has 0 spiro atoms. The maximum Gasteiger partial charge on any atom is 0.242 e. The molecule has 3 rings (SSSR count). The molecule has 0 radical (unpaired) electrons. The third-order valence-corrected chi connectivity index (χ3v) is 4.87. The van der Waals surface area contributed by atoms with Gasteiger partial charge in [-0.15, -0.1) is 0 Å². The standard InChI is InChI=1S/C17H24N2O3/c1-21-15-4-2-13(3-5-15)14-6-9-19(12-14)16(20)17(18)7-10-22-11-8-17/h2-5,14H,6-12,18H2,1H3. The van der Waals surface area contributed by atoms with Crippen LogP contribution in [0.25, 0.3) is 0 Å². The molecule has 22 heavy (non-hydrogen) atoms.